The van der Waals surface area contributed by atoms with Crippen LogP contribution in [0.1, 0.15) is 30.5 Å². The molecule has 1 atom stereocenters. The molecule has 0 aromatic heterocycles. The molecule has 0 aliphatic rings. The maximum atomic E-state index is 13.9. The first-order valence-electron chi connectivity index (χ1n) is 6.58. The summed E-state index contributed by atoms with van der Waals surface area (Å²) in [4.78, 5) is 0. The van der Waals surface area contributed by atoms with Crippen LogP contribution in [0.25, 0.3) is 0 Å². The summed E-state index contributed by atoms with van der Waals surface area (Å²) >= 11 is 0. The number of hydrogen-bond donors (Lipinski definition) is 1. The fourth-order valence-corrected chi connectivity index (χ4v) is 1.80. The minimum Gasteiger partial charge on any atom is -0.370 e. The molecule has 0 amide bonds. The molecule has 1 aromatic carbocycles. The number of rotatable bonds is 7. The molecule has 1 rings (SSSR count). The quantitative estimate of drug-likeness (QED) is 0.771. The van der Waals surface area contributed by atoms with E-state index in [1.54, 1.807) is 0 Å². The monoisotopic (exact) mass is 311 g/mol. The Morgan fingerprint density at radius 1 is 1.19 bits per heavy atom. The smallest absolute Gasteiger partial charge is 0.370 e. The topological polar surface area (TPSA) is 21.3 Å². The molecular weight excluding hydrogens is 293 g/mol. The third kappa shape index (κ3) is 5.97. The summed E-state index contributed by atoms with van der Waals surface area (Å²) in [5.74, 6) is -1.27. The third-order valence-corrected chi connectivity index (χ3v) is 2.84. The van der Waals surface area contributed by atoms with Gasteiger partial charge in [0.1, 0.15) is 18.2 Å². The normalized spacial score (nSPS) is 13.5. The summed E-state index contributed by atoms with van der Waals surface area (Å²) in [6, 6.07) is 1.19. The average Bonchev–Trinajstić information content (AvgIpc) is 2.37. The van der Waals surface area contributed by atoms with E-state index in [1.807, 2.05) is 6.92 Å². The molecule has 1 N–H and O–H groups in total. The molecule has 21 heavy (non-hydrogen) atoms. The van der Waals surface area contributed by atoms with Gasteiger partial charge in [-0.2, -0.15) is 13.2 Å². The Hall–Kier alpha value is -1.21. The van der Waals surface area contributed by atoms with Gasteiger partial charge >= 0.3 is 6.18 Å². The van der Waals surface area contributed by atoms with Gasteiger partial charge in [-0.05, 0) is 37.6 Å². The van der Waals surface area contributed by atoms with E-state index in [2.05, 4.69) is 10.1 Å². The lowest BCUT2D eigenvalue weighted by atomic mass is 10.0. The summed E-state index contributed by atoms with van der Waals surface area (Å²) in [7, 11) is 0. The average molecular weight is 311 g/mol. The van der Waals surface area contributed by atoms with E-state index in [9.17, 15) is 22.0 Å². The highest BCUT2D eigenvalue weighted by molar-refractivity contribution is 5.27. The van der Waals surface area contributed by atoms with Crippen LogP contribution in [-0.4, -0.2) is 25.9 Å². The van der Waals surface area contributed by atoms with Crippen molar-refractivity contribution in [3.63, 3.8) is 0 Å². The molecule has 0 radical (unpaired) electrons. The van der Waals surface area contributed by atoms with Gasteiger partial charge in [0.15, 0.2) is 0 Å². The Morgan fingerprint density at radius 3 is 2.43 bits per heavy atom. The van der Waals surface area contributed by atoms with Crippen LogP contribution in [0, 0.1) is 18.6 Å². The van der Waals surface area contributed by atoms with E-state index >= 15 is 0 Å². The van der Waals surface area contributed by atoms with Crippen LogP contribution in [0.15, 0.2) is 12.1 Å². The molecule has 0 heterocycles. The van der Waals surface area contributed by atoms with Crippen LogP contribution in [-0.2, 0) is 4.74 Å². The largest absolute Gasteiger partial charge is 0.411 e. The van der Waals surface area contributed by atoms with Crippen LogP contribution in [0.4, 0.5) is 22.0 Å². The van der Waals surface area contributed by atoms with Crippen LogP contribution in [0.2, 0.25) is 0 Å². The van der Waals surface area contributed by atoms with Crippen molar-refractivity contribution in [2.24, 2.45) is 0 Å². The minimum atomic E-state index is -4.45. The van der Waals surface area contributed by atoms with E-state index in [-0.39, 0.29) is 17.7 Å². The summed E-state index contributed by atoms with van der Waals surface area (Å²) < 4.78 is 68.2. The van der Waals surface area contributed by atoms with Gasteiger partial charge in [0.05, 0.1) is 12.6 Å². The highest BCUT2D eigenvalue weighted by atomic mass is 19.4. The number of alkyl halides is 3. The van der Waals surface area contributed by atoms with Gasteiger partial charge in [-0.3, -0.25) is 0 Å². The van der Waals surface area contributed by atoms with Crippen LogP contribution < -0.4 is 5.32 Å². The highest BCUT2D eigenvalue weighted by Gasteiger charge is 2.28. The van der Waals surface area contributed by atoms with E-state index in [4.69, 9.17) is 0 Å². The predicted molar refractivity (Wildman–Crippen MR) is 69.0 cm³/mol. The van der Waals surface area contributed by atoms with Crippen molar-refractivity contribution in [3.8, 4) is 0 Å². The fraction of sp³-hybridized carbons (Fsp3) is 0.571. The maximum absolute atomic E-state index is 13.9. The molecule has 1 unspecified atom stereocenters. The summed E-state index contributed by atoms with van der Waals surface area (Å²) in [5, 5.41) is 2.86. The molecular formula is C14H18F5NO. The van der Waals surface area contributed by atoms with Gasteiger partial charge in [0.25, 0.3) is 0 Å². The van der Waals surface area contributed by atoms with Crippen molar-refractivity contribution in [3.05, 3.63) is 34.9 Å². The second-order valence-corrected chi connectivity index (χ2v) is 4.76. The van der Waals surface area contributed by atoms with Crippen LogP contribution in [0.3, 0.4) is 0 Å². The van der Waals surface area contributed by atoms with Crippen molar-refractivity contribution in [1.82, 2.24) is 5.32 Å². The SMILES string of the molecule is CCCNC(COCC(F)(F)F)c1cc(F)c(C)cc1F. The lowest BCUT2D eigenvalue weighted by Gasteiger charge is -2.20. The molecule has 120 valence electrons. The Bertz CT molecular complexity index is 461. The van der Waals surface area contributed by atoms with Gasteiger partial charge in [0, 0.05) is 5.56 Å². The zero-order chi connectivity index (χ0) is 16.0. The number of aryl methyl sites for hydroxylation is 1. The first-order valence-corrected chi connectivity index (χ1v) is 6.58. The van der Waals surface area contributed by atoms with Gasteiger partial charge in [-0.1, -0.05) is 6.92 Å². The van der Waals surface area contributed by atoms with E-state index in [0.717, 1.165) is 12.1 Å². The zero-order valence-corrected chi connectivity index (χ0v) is 11.9. The molecule has 0 aliphatic carbocycles. The lowest BCUT2D eigenvalue weighted by Crippen LogP contribution is -2.29. The standard InChI is InChI=1S/C14H18F5NO/c1-3-4-20-13(7-21-8-14(17,18)19)10-6-11(15)9(2)5-12(10)16/h5-6,13,20H,3-4,7-8H2,1-2H3. The van der Waals surface area contributed by atoms with Crippen molar-refractivity contribution in [2.75, 3.05) is 19.8 Å². The van der Waals surface area contributed by atoms with Crippen molar-refractivity contribution >= 4 is 0 Å². The second-order valence-electron chi connectivity index (χ2n) is 4.76. The van der Waals surface area contributed by atoms with Crippen LogP contribution >= 0.6 is 0 Å². The molecule has 0 bridgehead atoms. The Balaban J connectivity index is 2.84. The van der Waals surface area contributed by atoms with Gasteiger partial charge in [0.2, 0.25) is 0 Å². The molecule has 0 saturated carbocycles. The number of benzene rings is 1. The summed E-state index contributed by atoms with van der Waals surface area (Å²) in [6.07, 6.45) is -3.75. The lowest BCUT2D eigenvalue weighted by molar-refractivity contribution is -0.175. The number of halogens is 5. The third-order valence-electron chi connectivity index (χ3n) is 2.84. The summed E-state index contributed by atoms with van der Waals surface area (Å²) in [5.41, 5.74) is 0.107. The van der Waals surface area contributed by atoms with Crippen molar-refractivity contribution < 1.29 is 26.7 Å². The van der Waals surface area contributed by atoms with Gasteiger partial charge in [-0.25, -0.2) is 8.78 Å². The molecule has 1 aromatic rings. The first kappa shape index (κ1) is 17.8. The zero-order valence-electron chi connectivity index (χ0n) is 11.9. The van der Waals surface area contributed by atoms with E-state index in [0.29, 0.717) is 13.0 Å². The summed E-state index contributed by atoms with van der Waals surface area (Å²) in [6.45, 7) is 1.91. The molecule has 0 saturated heterocycles. The first-order chi connectivity index (χ1) is 9.74. The Morgan fingerprint density at radius 2 is 1.86 bits per heavy atom. The van der Waals surface area contributed by atoms with Crippen molar-refractivity contribution in [1.29, 1.82) is 0 Å². The van der Waals surface area contributed by atoms with Crippen LogP contribution in [0.5, 0.6) is 0 Å². The van der Waals surface area contributed by atoms with Gasteiger partial charge in [-0.15, -0.1) is 0 Å². The Kier molecular flexibility index (Phi) is 6.54. The van der Waals surface area contributed by atoms with Crippen molar-refractivity contribution in [2.45, 2.75) is 32.5 Å². The molecule has 0 fully saturated rings. The van der Waals surface area contributed by atoms with E-state index in [1.165, 1.54) is 6.92 Å². The van der Waals surface area contributed by atoms with Gasteiger partial charge < -0.3 is 10.1 Å². The molecule has 0 aliphatic heterocycles. The minimum absolute atomic E-state index is 0.0336. The number of nitrogens with one attached hydrogen (secondary N) is 1. The maximum Gasteiger partial charge on any atom is 0.411 e. The number of hydrogen-bond acceptors (Lipinski definition) is 2. The Labute approximate surface area is 120 Å². The molecule has 7 heteroatoms. The highest BCUT2D eigenvalue weighted by Crippen LogP contribution is 2.22. The molecule has 2 nitrogen and oxygen atoms in total. The predicted octanol–water partition coefficient (Wildman–Crippen LogP) is 3.89. The second kappa shape index (κ2) is 7.70. The molecule has 0 spiro atoms. The van der Waals surface area contributed by atoms with E-state index < -0.39 is 30.5 Å². The fourth-order valence-electron chi connectivity index (χ4n) is 1.80. The number of ether oxygens (including phenoxy) is 1.